The highest BCUT2D eigenvalue weighted by Crippen LogP contribution is 2.23. The number of benzene rings is 1. The Kier molecular flexibility index (Phi) is 3.96. The number of oxazole rings is 1. The minimum Gasteiger partial charge on any atom is -0.444 e. The van der Waals surface area contributed by atoms with Crippen LogP contribution in [0.1, 0.15) is 12.6 Å². The van der Waals surface area contributed by atoms with Crippen LogP contribution >= 0.6 is 11.8 Å². The molecule has 1 aromatic carbocycles. The van der Waals surface area contributed by atoms with Crippen LogP contribution in [0.3, 0.4) is 0 Å². The maximum atomic E-state index is 12.9. The summed E-state index contributed by atoms with van der Waals surface area (Å²) in [7, 11) is 0. The zero-order valence-corrected chi connectivity index (χ0v) is 12.0. The predicted octanol–water partition coefficient (Wildman–Crippen LogP) is 2.78. The normalized spacial score (nSPS) is 11.0. The van der Waals surface area contributed by atoms with E-state index in [-0.39, 0.29) is 5.82 Å². The number of hydrogen-bond acceptors (Lipinski definition) is 6. The van der Waals surface area contributed by atoms with Crippen LogP contribution in [0.25, 0.3) is 11.5 Å². The largest absolute Gasteiger partial charge is 0.444 e. The number of aromatic nitrogens is 5. The molecule has 0 N–H and O–H groups in total. The van der Waals surface area contributed by atoms with Gasteiger partial charge < -0.3 is 4.42 Å². The number of aryl methyl sites for hydroxylation is 1. The maximum absolute atomic E-state index is 12.9. The van der Waals surface area contributed by atoms with Crippen molar-refractivity contribution in [3.63, 3.8) is 0 Å². The number of thioether (sulfide) groups is 1. The molecule has 108 valence electrons. The van der Waals surface area contributed by atoms with E-state index in [2.05, 4.69) is 20.5 Å². The zero-order chi connectivity index (χ0) is 14.7. The number of halogens is 1. The highest BCUT2D eigenvalue weighted by molar-refractivity contribution is 7.98. The Bertz CT molecular complexity index is 724. The van der Waals surface area contributed by atoms with Crippen molar-refractivity contribution in [3.05, 3.63) is 42.0 Å². The summed E-state index contributed by atoms with van der Waals surface area (Å²) < 4.78 is 20.0. The molecule has 8 heteroatoms. The van der Waals surface area contributed by atoms with Gasteiger partial charge in [-0.2, -0.15) is 0 Å². The van der Waals surface area contributed by atoms with Gasteiger partial charge >= 0.3 is 0 Å². The summed E-state index contributed by atoms with van der Waals surface area (Å²) in [5.74, 6) is 0.790. The smallest absolute Gasteiger partial charge is 0.226 e. The zero-order valence-electron chi connectivity index (χ0n) is 11.2. The van der Waals surface area contributed by atoms with Gasteiger partial charge in [-0.3, -0.25) is 0 Å². The SMILES string of the molecule is CCn1nnnc1SCc1coc(-c2ccc(F)cc2)n1. The Morgan fingerprint density at radius 2 is 2.10 bits per heavy atom. The fourth-order valence-electron chi connectivity index (χ4n) is 1.74. The molecule has 0 saturated heterocycles. The van der Waals surface area contributed by atoms with Crippen molar-refractivity contribution in [3.8, 4) is 11.5 Å². The van der Waals surface area contributed by atoms with Crippen molar-refractivity contribution >= 4 is 11.8 Å². The van der Waals surface area contributed by atoms with Gasteiger partial charge in [0.25, 0.3) is 0 Å². The van der Waals surface area contributed by atoms with Crippen LogP contribution in [0.5, 0.6) is 0 Å². The summed E-state index contributed by atoms with van der Waals surface area (Å²) in [5.41, 5.74) is 1.52. The van der Waals surface area contributed by atoms with Crippen LogP contribution in [-0.2, 0) is 12.3 Å². The number of rotatable bonds is 5. The molecule has 0 saturated carbocycles. The molecule has 3 aromatic rings. The van der Waals surface area contributed by atoms with Crippen LogP contribution in [-0.4, -0.2) is 25.2 Å². The van der Waals surface area contributed by atoms with Gasteiger partial charge in [0.1, 0.15) is 12.1 Å². The molecule has 0 fully saturated rings. The van der Waals surface area contributed by atoms with E-state index in [9.17, 15) is 4.39 Å². The van der Waals surface area contributed by atoms with Gasteiger partial charge in [0.15, 0.2) is 0 Å². The quantitative estimate of drug-likeness (QED) is 0.675. The van der Waals surface area contributed by atoms with Crippen molar-refractivity contribution in [1.29, 1.82) is 0 Å². The first-order valence-corrected chi connectivity index (χ1v) is 7.34. The first-order chi connectivity index (χ1) is 10.3. The van der Waals surface area contributed by atoms with E-state index in [1.807, 2.05) is 6.92 Å². The molecule has 2 heterocycles. The topological polar surface area (TPSA) is 69.6 Å². The fraction of sp³-hybridized carbons (Fsp3) is 0.231. The van der Waals surface area contributed by atoms with Crippen molar-refractivity contribution in [2.24, 2.45) is 0 Å². The standard InChI is InChI=1S/C13H12FN5OS/c1-2-19-13(16-17-18-19)21-8-11-7-20-12(15-11)9-3-5-10(14)6-4-9/h3-7H,2,8H2,1H3. The molecule has 0 aliphatic carbocycles. The van der Waals surface area contributed by atoms with Crippen LogP contribution in [0.15, 0.2) is 40.1 Å². The molecular weight excluding hydrogens is 293 g/mol. The molecule has 0 aliphatic rings. The van der Waals surface area contributed by atoms with E-state index in [1.54, 1.807) is 23.1 Å². The van der Waals surface area contributed by atoms with Gasteiger partial charge in [0, 0.05) is 17.9 Å². The molecule has 3 rings (SSSR count). The highest BCUT2D eigenvalue weighted by atomic mass is 32.2. The summed E-state index contributed by atoms with van der Waals surface area (Å²) in [6.07, 6.45) is 1.59. The Morgan fingerprint density at radius 1 is 1.29 bits per heavy atom. The second-order valence-electron chi connectivity index (χ2n) is 4.22. The molecule has 0 bridgehead atoms. The number of hydrogen-bond donors (Lipinski definition) is 0. The monoisotopic (exact) mass is 305 g/mol. The number of tetrazole rings is 1. The fourth-order valence-corrected chi connectivity index (χ4v) is 2.55. The van der Waals surface area contributed by atoms with E-state index in [4.69, 9.17) is 4.42 Å². The molecule has 0 aliphatic heterocycles. The molecule has 0 radical (unpaired) electrons. The van der Waals surface area contributed by atoms with Gasteiger partial charge in [0.2, 0.25) is 11.0 Å². The molecule has 0 amide bonds. The van der Waals surface area contributed by atoms with Gasteiger partial charge in [-0.25, -0.2) is 14.1 Å². The lowest BCUT2D eigenvalue weighted by atomic mass is 10.2. The van der Waals surface area contributed by atoms with Crippen LogP contribution in [0.2, 0.25) is 0 Å². The van der Waals surface area contributed by atoms with E-state index in [1.165, 1.54) is 23.9 Å². The number of nitrogens with zero attached hydrogens (tertiary/aromatic N) is 5. The Hall–Kier alpha value is -2.22. The van der Waals surface area contributed by atoms with E-state index < -0.39 is 0 Å². The van der Waals surface area contributed by atoms with E-state index in [0.717, 1.165) is 23.0 Å². The van der Waals surface area contributed by atoms with Crippen molar-refractivity contribution in [1.82, 2.24) is 25.2 Å². The Morgan fingerprint density at radius 3 is 2.86 bits per heavy atom. The third-order valence-electron chi connectivity index (χ3n) is 2.79. The molecule has 6 nitrogen and oxygen atoms in total. The van der Waals surface area contributed by atoms with Gasteiger partial charge in [-0.05, 0) is 41.6 Å². The van der Waals surface area contributed by atoms with Crippen LogP contribution in [0, 0.1) is 5.82 Å². The van der Waals surface area contributed by atoms with E-state index in [0.29, 0.717) is 11.6 Å². The summed E-state index contributed by atoms with van der Waals surface area (Å²) in [5, 5.41) is 12.2. The van der Waals surface area contributed by atoms with Crippen molar-refractivity contribution in [2.45, 2.75) is 24.4 Å². The minimum absolute atomic E-state index is 0.285. The first-order valence-electron chi connectivity index (χ1n) is 6.35. The second-order valence-corrected chi connectivity index (χ2v) is 5.16. The Labute approximate surface area is 124 Å². The molecule has 0 spiro atoms. The predicted molar refractivity (Wildman–Crippen MR) is 74.9 cm³/mol. The highest BCUT2D eigenvalue weighted by Gasteiger charge is 2.10. The summed E-state index contributed by atoms with van der Waals surface area (Å²) in [6, 6.07) is 6.03. The molecule has 2 aromatic heterocycles. The van der Waals surface area contributed by atoms with Gasteiger partial charge in [0.05, 0.1) is 5.69 Å². The van der Waals surface area contributed by atoms with Crippen LogP contribution in [0.4, 0.5) is 4.39 Å². The van der Waals surface area contributed by atoms with Crippen molar-refractivity contribution < 1.29 is 8.81 Å². The molecular formula is C13H12FN5OS. The van der Waals surface area contributed by atoms with Gasteiger partial charge in [-0.1, -0.05) is 11.8 Å². The molecule has 0 unspecified atom stereocenters. The summed E-state index contributed by atoms with van der Waals surface area (Å²) >= 11 is 1.49. The average Bonchev–Trinajstić information content (AvgIpc) is 3.14. The lowest BCUT2D eigenvalue weighted by Crippen LogP contribution is -1.98. The van der Waals surface area contributed by atoms with Crippen LogP contribution < -0.4 is 0 Å². The summed E-state index contributed by atoms with van der Waals surface area (Å²) in [6.45, 7) is 2.69. The minimum atomic E-state index is -0.285. The van der Waals surface area contributed by atoms with E-state index >= 15 is 0 Å². The lowest BCUT2D eigenvalue weighted by molar-refractivity contribution is 0.572. The molecule has 0 atom stereocenters. The lowest BCUT2D eigenvalue weighted by Gasteiger charge is -1.98. The summed E-state index contributed by atoms with van der Waals surface area (Å²) in [4.78, 5) is 4.38. The van der Waals surface area contributed by atoms with Gasteiger partial charge in [-0.15, -0.1) is 5.10 Å². The third kappa shape index (κ3) is 3.10. The maximum Gasteiger partial charge on any atom is 0.226 e. The second kappa shape index (κ2) is 6.04. The molecule has 21 heavy (non-hydrogen) atoms. The average molecular weight is 305 g/mol. The Balaban J connectivity index is 1.69. The van der Waals surface area contributed by atoms with Crippen molar-refractivity contribution in [2.75, 3.05) is 0 Å². The third-order valence-corrected chi connectivity index (χ3v) is 3.78. The first kappa shape index (κ1) is 13.7.